The van der Waals surface area contributed by atoms with Crippen molar-refractivity contribution < 1.29 is 9.90 Å². The molecule has 2 heterocycles. The van der Waals surface area contributed by atoms with Crippen molar-refractivity contribution in [2.45, 2.75) is 59.0 Å². The van der Waals surface area contributed by atoms with Crippen molar-refractivity contribution >= 4 is 16.7 Å². The van der Waals surface area contributed by atoms with E-state index in [4.69, 9.17) is 0 Å². The third-order valence-electron chi connectivity index (χ3n) is 6.32. The van der Waals surface area contributed by atoms with Crippen molar-refractivity contribution in [1.82, 2.24) is 15.2 Å². The predicted octanol–water partition coefficient (Wildman–Crippen LogP) is 5.09. The van der Waals surface area contributed by atoms with Crippen LogP contribution in [0.25, 0.3) is 10.9 Å². The Balaban J connectivity index is 1.42. The summed E-state index contributed by atoms with van der Waals surface area (Å²) >= 11 is 0. The Bertz CT molecular complexity index is 1220. The number of aromatic nitrogens is 3. The fourth-order valence-corrected chi connectivity index (χ4v) is 4.51. The zero-order chi connectivity index (χ0) is 22.7. The zero-order valence-corrected chi connectivity index (χ0v) is 19.0. The van der Waals surface area contributed by atoms with E-state index in [1.54, 1.807) is 6.92 Å². The number of nitrogens with one attached hydrogen (secondary N) is 2. The lowest BCUT2D eigenvalue weighted by Crippen LogP contribution is -2.12. The highest BCUT2D eigenvalue weighted by molar-refractivity contribution is 5.94. The van der Waals surface area contributed by atoms with E-state index in [-0.39, 0.29) is 5.78 Å². The number of nitrogens with zero attached hydrogens (tertiary/aromatic N) is 1. The average molecular weight is 430 g/mol. The molecule has 0 aliphatic rings. The SMILES string of the molecule is CCc1c(CCC(O)Cc2ccc(C(C)=O)cc2)n[nH]c1Cc1c(C)[nH]c2ccccc12. The highest BCUT2D eigenvalue weighted by Crippen LogP contribution is 2.26. The molecule has 0 fully saturated rings. The number of hydrogen-bond acceptors (Lipinski definition) is 3. The molecule has 4 aromatic rings. The number of aliphatic hydroxyl groups excluding tert-OH is 1. The summed E-state index contributed by atoms with van der Waals surface area (Å²) in [4.78, 5) is 14.9. The van der Waals surface area contributed by atoms with E-state index < -0.39 is 6.10 Å². The Morgan fingerprint density at radius 3 is 2.56 bits per heavy atom. The number of para-hydroxylation sites is 1. The number of benzene rings is 2. The lowest BCUT2D eigenvalue weighted by Gasteiger charge is -2.11. The molecule has 0 spiro atoms. The minimum Gasteiger partial charge on any atom is -0.393 e. The Morgan fingerprint density at radius 2 is 1.84 bits per heavy atom. The van der Waals surface area contributed by atoms with E-state index in [9.17, 15) is 9.90 Å². The standard InChI is InChI=1S/C27H31N3O2/c1-4-22-26(14-13-21(32)15-19-9-11-20(12-10-19)18(3)31)29-30-27(22)16-24-17(2)28-25-8-6-5-7-23(24)25/h5-12,21,28,32H,4,13-16H2,1-3H3,(H,29,30). The van der Waals surface area contributed by atoms with Gasteiger partial charge in [0.05, 0.1) is 11.8 Å². The van der Waals surface area contributed by atoms with Crippen LogP contribution in [0.5, 0.6) is 0 Å². The van der Waals surface area contributed by atoms with Crippen molar-refractivity contribution in [1.29, 1.82) is 0 Å². The van der Waals surface area contributed by atoms with Crippen LogP contribution < -0.4 is 0 Å². The molecule has 3 N–H and O–H groups in total. The molecule has 0 aliphatic carbocycles. The Hall–Kier alpha value is -3.18. The summed E-state index contributed by atoms with van der Waals surface area (Å²) < 4.78 is 0. The number of aliphatic hydroxyl groups is 1. The maximum atomic E-state index is 11.4. The Labute approximate surface area is 188 Å². The van der Waals surface area contributed by atoms with Gasteiger partial charge >= 0.3 is 0 Å². The normalized spacial score (nSPS) is 12.4. The van der Waals surface area contributed by atoms with Gasteiger partial charge in [-0.1, -0.05) is 49.4 Å². The first-order valence-corrected chi connectivity index (χ1v) is 11.3. The van der Waals surface area contributed by atoms with E-state index in [1.165, 1.54) is 22.2 Å². The molecular formula is C27H31N3O2. The van der Waals surface area contributed by atoms with Crippen molar-refractivity contribution in [3.63, 3.8) is 0 Å². The number of hydrogen-bond donors (Lipinski definition) is 3. The molecule has 2 aromatic heterocycles. The highest BCUT2D eigenvalue weighted by Gasteiger charge is 2.17. The van der Waals surface area contributed by atoms with Gasteiger partial charge in [0.15, 0.2) is 5.78 Å². The second kappa shape index (κ2) is 9.53. The van der Waals surface area contributed by atoms with Gasteiger partial charge in [-0.25, -0.2) is 0 Å². The molecule has 0 radical (unpaired) electrons. The predicted molar refractivity (Wildman–Crippen MR) is 128 cm³/mol. The van der Waals surface area contributed by atoms with Crippen LogP contribution >= 0.6 is 0 Å². The fraction of sp³-hybridized carbons (Fsp3) is 0.333. The van der Waals surface area contributed by atoms with Gasteiger partial charge in [-0.05, 0) is 62.3 Å². The lowest BCUT2D eigenvalue weighted by molar-refractivity contribution is 0.101. The van der Waals surface area contributed by atoms with E-state index >= 15 is 0 Å². The van der Waals surface area contributed by atoms with Gasteiger partial charge in [0.1, 0.15) is 0 Å². The average Bonchev–Trinajstić information content (AvgIpc) is 3.32. The largest absolute Gasteiger partial charge is 0.393 e. The fourth-order valence-electron chi connectivity index (χ4n) is 4.51. The Kier molecular flexibility index (Phi) is 6.56. The number of carbonyl (C=O) groups excluding carboxylic acids is 1. The molecule has 0 aliphatic heterocycles. The van der Waals surface area contributed by atoms with E-state index in [1.807, 2.05) is 24.3 Å². The van der Waals surface area contributed by atoms with Gasteiger partial charge in [-0.3, -0.25) is 9.89 Å². The van der Waals surface area contributed by atoms with Crippen LogP contribution in [0.2, 0.25) is 0 Å². The molecule has 5 heteroatoms. The van der Waals surface area contributed by atoms with Crippen LogP contribution in [-0.4, -0.2) is 32.2 Å². The van der Waals surface area contributed by atoms with Crippen LogP contribution in [0.4, 0.5) is 0 Å². The minimum atomic E-state index is -0.445. The molecule has 4 rings (SSSR count). The van der Waals surface area contributed by atoms with Crippen LogP contribution in [0.1, 0.15) is 64.4 Å². The highest BCUT2D eigenvalue weighted by atomic mass is 16.3. The second-order valence-electron chi connectivity index (χ2n) is 8.58. The van der Waals surface area contributed by atoms with Crippen LogP contribution in [0, 0.1) is 6.92 Å². The van der Waals surface area contributed by atoms with Gasteiger partial charge in [0.25, 0.3) is 0 Å². The summed E-state index contributed by atoms with van der Waals surface area (Å²) in [5, 5.41) is 19.7. The zero-order valence-electron chi connectivity index (χ0n) is 19.0. The number of aryl methyl sites for hydroxylation is 2. The first-order valence-electron chi connectivity index (χ1n) is 11.3. The van der Waals surface area contributed by atoms with Gasteiger partial charge in [-0.2, -0.15) is 5.10 Å². The topological polar surface area (TPSA) is 81.8 Å². The molecule has 0 amide bonds. The summed E-state index contributed by atoms with van der Waals surface area (Å²) in [5.41, 5.74) is 8.86. The van der Waals surface area contributed by atoms with E-state index in [2.05, 4.69) is 53.3 Å². The first kappa shape index (κ1) is 22.0. The molecule has 0 bridgehead atoms. The van der Waals surface area contributed by atoms with Crippen molar-refractivity contribution in [3.05, 3.63) is 87.9 Å². The lowest BCUT2D eigenvalue weighted by atomic mass is 9.97. The molecule has 2 aromatic carbocycles. The second-order valence-corrected chi connectivity index (χ2v) is 8.58. The van der Waals surface area contributed by atoms with E-state index in [0.717, 1.165) is 41.7 Å². The number of ketones is 1. The summed E-state index contributed by atoms with van der Waals surface area (Å²) in [6, 6.07) is 15.9. The van der Waals surface area contributed by atoms with E-state index in [0.29, 0.717) is 18.4 Å². The summed E-state index contributed by atoms with van der Waals surface area (Å²) in [5.74, 6) is 0.0568. The molecule has 1 unspecified atom stereocenters. The number of aromatic amines is 2. The Morgan fingerprint density at radius 1 is 1.09 bits per heavy atom. The number of carbonyl (C=O) groups is 1. The van der Waals surface area contributed by atoms with Gasteiger partial charge in [-0.15, -0.1) is 0 Å². The van der Waals surface area contributed by atoms with Crippen LogP contribution in [0.15, 0.2) is 48.5 Å². The molecule has 0 saturated carbocycles. The monoisotopic (exact) mass is 429 g/mol. The summed E-state index contributed by atoms with van der Waals surface area (Å²) in [7, 11) is 0. The molecule has 32 heavy (non-hydrogen) atoms. The third kappa shape index (κ3) is 4.68. The number of H-pyrrole nitrogens is 2. The minimum absolute atomic E-state index is 0.0568. The van der Waals surface area contributed by atoms with Crippen molar-refractivity contribution in [2.24, 2.45) is 0 Å². The summed E-state index contributed by atoms with van der Waals surface area (Å²) in [6.45, 7) is 5.84. The maximum absolute atomic E-state index is 11.4. The number of Topliss-reactive ketones (excluding diaryl/α,β-unsaturated/α-hetero) is 1. The molecular weight excluding hydrogens is 398 g/mol. The number of rotatable bonds is 9. The van der Waals surface area contributed by atoms with Gasteiger partial charge in [0, 0.05) is 34.3 Å². The molecule has 166 valence electrons. The van der Waals surface area contributed by atoms with Crippen molar-refractivity contribution in [2.75, 3.05) is 0 Å². The van der Waals surface area contributed by atoms with Crippen molar-refractivity contribution in [3.8, 4) is 0 Å². The van der Waals surface area contributed by atoms with Gasteiger partial charge < -0.3 is 10.1 Å². The third-order valence-corrected chi connectivity index (χ3v) is 6.32. The smallest absolute Gasteiger partial charge is 0.159 e. The van der Waals surface area contributed by atoms with Crippen LogP contribution in [0.3, 0.4) is 0 Å². The quantitative estimate of drug-likeness (QED) is 0.324. The molecule has 1 atom stereocenters. The molecule has 0 saturated heterocycles. The maximum Gasteiger partial charge on any atom is 0.159 e. The van der Waals surface area contributed by atoms with Gasteiger partial charge in [0.2, 0.25) is 0 Å². The van der Waals surface area contributed by atoms with Crippen LogP contribution in [-0.2, 0) is 25.7 Å². The number of fused-ring (bicyclic) bond motifs is 1. The molecule has 5 nitrogen and oxygen atoms in total. The first-order chi connectivity index (χ1) is 15.5. The summed E-state index contributed by atoms with van der Waals surface area (Å²) in [6.07, 6.45) is 3.24.